The first-order valence-electron chi connectivity index (χ1n) is 6.33. The monoisotopic (exact) mass is 316 g/mol. The van der Waals surface area contributed by atoms with Crippen LogP contribution in [-0.2, 0) is 4.79 Å². The van der Waals surface area contributed by atoms with E-state index in [4.69, 9.17) is 16.7 Å². The summed E-state index contributed by atoms with van der Waals surface area (Å²) in [6.07, 6.45) is 0.508. The molecule has 0 unspecified atom stereocenters. The molecule has 2 heterocycles. The molecule has 1 amide bonds. The smallest absolute Gasteiger partial charge is 0.320 e. The molecule has 3 N–H and O–H groups in total. The lowest BCUT2D eigenvalue weighted by atomic mass is 9.85. The summed E-state index contributed by atoms with van der Waals surface area (Å²) in [5.74, 6) is -0.951. The van der Waals surface area contributed by atoms with Gasteiger partial charge in [-0.3, -0.25) is 9.59 Å². The van der Waals surface area contributed by atoms with Crippen molar-refractivity contribution in [2.75, 3.05) is 6.54 Å². The van der Waals surface area contributed by atoms with Crippen molar-refractivity contribution in [3.8, 4) is 0 Å². The second kappa shape index (κ2) is 5.71. The van der Waals surface area contributed by atoms with Crippen LogP contribution in [0.15, 0.2) is 12.1 Å². The Bertz CT molecular complexity index is 529. The van der Waals surface area contributed by atoms with Gasteiger partial charge < -0.3 is 15.7 Å². The van der Waals surface area contributed by atoms with E-state index in [0.717, 1.165) is 0 Å². The number of halogens is 1. The molecule has 1 fully saturated rings. The number of carboxylic acid groups (broad SMARTS) is 1. The van der Waals surface area contributed by atoms with Gasteiger partial charge in [-0.2, -0.15) is 0 Å². The fourth-order valence-electron chi connectivity index (χ4n) is 2.37. The zero-order chi connectivity index (χ0) is 14.9. The standard InChI is InChI=1S/C13H17ClN2O3S/c1-13(2,7-5-8(12(18)19)15-6-7)16-11(17)9-3-4-10(14)20-9/h3-4,7-8,15H,5-6H2,1-2H3,(H,16,17)(H,18,19)/t7-,8-/m0/s1. The highest BCUT2D eigenvalue weighted by molar-refractivity contribution is 7.18. The fourth-order valence-corrected chi connectivity index (χ4v) is 3.30. The first kappa shape index (κ1) is 15.3. The number of hydrogen-bond acceptors (Lipinski definition) is 4. The predicted octanol–water partition coefficient (Wildman–Crippen LogP) is 1.97. The van der Waals surface area contributed by atoms with E-state index in [-0.39, 0.29) is 11.8 Å². The topological polar surface area (TPSA) is 78.4 Å². The Morgan fingerprint density at radius 3 is 2.70 bits per heavy atom. The van der Waals surface area contributed by atoms with Crippen LogP contribution in [0.5, 0.6) is 0 Å². The van der Waals surface area contributed by atoms with E-state index in [2.05, 4.69) is 10.6 Å². The molecule has 0 saturated carbocycles. The molecule has 1 aliphatic rings. The molecule has 20 heavy (non-hydrogen) atoms. The van der Waals surface area contributed by atoms with Crippen molar-refractivity contribution < 1.29 is 14.7 Å². The Kier molecular flexibility index (Phi) is 4.36. The summed E-state index contributed by atoms with van der Waals surface area (Å²) >= 11 is 7.05. The Morgan fingerprint density at radius 2 is 2.20 bits per heavy atom. The van der Waals surface area contributed by atoms with Gasteiger partial charge in [0.2, 0.25) is 0 Å². The summed E-state index contributed by atoms with van der Waals surface area (Å²) in [6.45, 7) is 4.41. The first-order chi connectivity index (χ1) is 9.29. The summed E-state index contributed by atoms with van der Waals surface area (Å²) in [4.78, 5) is 23.7. The quantitative estimate of drug-likeness (QED) is 0.793. The molecule has 1 aromatic rings. The predicted molar refractivity (Wildman–Crippen MR) is 78.4 cm³/mol. The third-order valence-corrected chi connectivity index (χ3v) is 4.91. The van der Waals surface area contributed by atoms with Crippen molar-refractivity contribution in [3.05, 3.63) is 21.3 Å². The lowest BCUT2D eigenvalue weighted by molar-refractivity contribution is -0.139. The van der Waals surface area contributed by atoms with Gasteiger partial charge in [0.25, 0.3) is 5.91 Å². The number of aliphatic carboxylic acids is 1. The van der Waals surface area contributed by atoms with Crippen molar-refractivity contribution in [2.24, 2.45) is 5.92 Å². The summed E-state index contributed by atoms with van der Waals surface area (Å²) in [6, 6.07) is 2.84. The van der Waals surface area contributed by atoms with Crippen LogP contribution in [0, 0.1) is 5.92 Å². The Balaban J connectivity index is 2.00. The molecule has 0 aliphatic carbocycles. The Morgan fingerprint density at radius 1 is 1.50 bits per heavy atom. The molecule has 1 saturated heterocycles. The first-order valence-corrected chi connectivity index (χ1v) is 7.53. The molecule has 0 aromatic carbocycles. The third kappa shape index (κ3) is 3.31. The van der Waals surface area contributed by atoms with Gasteiger partial charge in [0.05, 0.1) is 9.21 Å². The van der Waals surface area contributed by atoms with Crippen molar-refractivity contribution >= 4 is 34.8 Å². The van der Waals surface area contributed by atoms with Gasteiger partial charge in [0.15, 0.2) is 0 Å². The van der Waals surface area contributed by atoms with Crippen LogP contribution in [0.1, 0.15) is 29.9 Å². The molecule has 1 aromatic heterocycles. The molecule has 110 valence electrons. The van der Waals surface area contributed by atoms with Crippen LogP contribution >= 0.6 is 22.9 Å². The van der Waals surface area contributed by atoms with Crippen molar-refractivity contribution in [1.29, 1.82) is 0 Å². The number of carbonyl (C=O) groups is 2. The Hall–Kier alpha value is -1.11. The maximum Gasteiger partial charge on any atom is 0.320 e. The van der Waals surface area contributed by atoms with E-state index in [1.54, 1.807) is 12.1 Å². The van der Waals surface area contributed by atoms with E-state index >= 15 is 0 Å². The normalized spacial score (nSPS) is 22.8. The number of nitrogens with one attached hydrogen (secondary N) is 2. The molecule has 7 heteroatoms. The van der Waals surface area contributed by atoms with Crippen molar-refractivity contribution in [1.82, 2.24) is 10.6 Å². The van der Waals surface area contributed by atoms with Gasteiger partial charge in [-0.05, 0) is 38.3 Å². The molecule has 5 nitrogen and oxygen atoms in total. The average Bonchev–Trinajstić information content (AvgIpc) is 2.96. The number of amides is 1. The fraction of sp³-hybridized carbons (Fsp3) is 0.538. The summed E-state index contributed by atoms with van der Waals surface area (Å²) < 4.78 is 0.571. The minimum atomic E-state index is -0.848. The Labute approximate surface area is 126 Å². The second-order valence-electron chi connectivity index (χ2n) is 5.51. The van der Waals surface area contributed by atoms with Crippen molar-refractivity contribution in [2.45, 2.75) is 31.8 Å². The van der Waals surface area contributed by atoms with E-state index < -0.39 is 17.6 Å². The summed E-state index contributed by atoms with van der Waals surface area (Å²) in [5.41, 5.74) is -0.481. The molecule has 0 bridgehead atoms. The van der Waals surface area contributed by atoms with Crippen LogP contribution in [0.25, 0.3) is 0 Å². The zero-order valence-electron chi connectivity index (χ0n) is 11.3. The third-order valence-electron chi connectivity index (χ3n) is 3.68. The van der Waals surface area contributed by atoms with E-state index in [1.165, 1.54) is 11.3 Å². The maximum absolute atomic E-state index is 12.1. The molecule has 0 spiro atoms. The summed E-state index contributed by atoms with van der Waals surface area (Å²) in [5, 5.41) is 14.9. The van der Waals surface area contributed by atoms with E-state index in [1.807, 2.05) is 13.8 Å². The molecular formula is C13H17ClN2O3S. The lowest BCUT2D eigenvalue weighted by Crippen LogP contribution is -2.49. The van der Waals surface area contributed by atoms with E-state index in [9.17, 15) is 9.59 Å². The van der Waals surface area contributed by atoms with Gasteiger partial charge in [0.1, 0.15) is 6.04 Å². The average molecular weight is 317 g/mol. The number of thiophene rings is 1. The van der Waals surface area contributed by atoms with Crippen LogP contribution in [0.3, 0.4) is 0 Å². The zero-order valence-corrected chi connectivity index (χ0v) is 12.8. The van der Waals surface area contributed by atoms with Crippen LogP contribution < -0.4 is 10.6 Å². The van der Waals surface area contributed by atoms with Gasteiger partial charge in [0, 0.05) is 12.1 Å². The van der Waals surface area contributed by atoms with Gasteiger partial charge in [-0.1, -0.05) is 11.6 Å². The molecule has 2 rings (SSSR count). The largest absolute Gasteiger partial charge is 0.480 e. The second-order valence-corrected chi connectivity index (χ2v) is 7.23. The molecule has 2 atom stereocenters. The molecule has 0 radical (unpaired) electrons. The number of carbonyl (C=O) groups excluding carboxylic acids is 1. The molecule has 1 aliphatic heterocycles. The summed E-state index contributed by atoms with van der Waals surface area (Å²) in [7, 11) is 0. The van der Waals surface area contributed by atoms with Crippen LogP contribution in [-0.4, -0.2) is 35.1 Å². The van der Waals surface area contributed by atoms with E-state index in [0.29, 0.717) is 22.2 Å². The minimum Gasteiger partial charge on any atom is -0.480 e. The van der Waals surface area contributed by atoms with Gasteiger partial charge in [-0.25, -0.2) is 0 Å². The highest BCUT2D eigenvalue weighted by Gasteiger charge is 2.39. The highest BCUT2D eigenvalue weighted by Crippen LogP contribution is 2.28. The minimum absolute atomic E-state index is 0.0722. The van der Waals surface area contributed by atoms with Crippen molar-refractivity contribution in [3.63, 3.8) is 0 Å². The number of hydrogen-bond donors (Lipinski definition) is 3. The lowest BCUT2D eigenvalue weighted by Gasteiger charge is -2.32. The maximum atomic E-state index is 12.1. The number of rotatable bonds is 4. The number of carboxylic acids is 1. The highest BCUT2D eigenvalue weighted by atomic mass is 35.5. The van der Waals surface area contributed by atoms with Gasteiger partial charge in [-0.15, -0.1) is 11.3 Å². The van der Waals surface area contributed by atoms with Gasteiger partial charge >= 0.3 is 5.97 Å². The van der Waals surface area contributed by atoms with Crippen LogP contribution in [0.4, 0.5) is 0 Å². The SMILES string of the molecule is CC(C)(NC(=O)c1ccc(Cl)s1)[C@@H]1CN[C@H](C(=O)O)C1. The molecular weight excluding hydrogens is 300 g/mol. The van der Waals surface area contributed by atoms with Crippen LogP contribution in [0.2, 0.25) is 4.34 Å².